The predicted molar refractivity (Wildman–Crippen MR) is 124 cm³/mol. The van der Waals surface area contributed by atoms with E-state index in [1.165, 1.54) is 5.56 Å². The number of aryl methyl sites for hydroxylation is 2. The molecule has 1 atom stereocenters. The van der Waals surface area contributed by atoms with Gasteiger partial charge in [-0.2, -0.15) is 5.10 Å². The van der Waals surface area contributed by atoms with Crippen LogP contribution in [0.5, 0.6) is 0 Å². The smallest absolute Gasteiger partial charge is 0.257 e. The van der Waals surface area contributed by atoms with E-state index in [2.05, 4.69) is 17.2 Å². The normalized spacial score (nSPS) is 18.0. The van der Waals surface area contributed by atoms with E-state index in [-0.39, 0.29) is 17.7 Å². The first-order valence-corrected chi connectivity index (χ1v) is 11.5. The van der Waals surface area contributed by atoms with E-state index in [0.717, 1.165) is 35.7 Å². The van der Waals surface area contributed by atoms with Crippen LogP contribution >= 0.6 is 0 Å². The minimum absolute atomic E-state index is 0.0139. The van der Waals surface area contributed by atoms with E-state index < -0.39 is 0 Å². The number of hydrogen-bond donors (Lipinski definition) is 0. The molecule has 0 saturated carbocycles. The number of aromatic nitrogens is 4. The molecule has 0 bridgehead atoms. The largest absolute Gasteiger partial charge is 0.338 e. The van der Waals surface area contributed by atoms with E-state index in [0.29, 0.717) is 38.0 Å². The van der Waals surface area contributed by atoms with Gasteiger partial charge in [-0.05, 0) is 31.7 Å². The first kappa shape index (κ1) is 21.3. The van der Waals surface area contributed by atoms with Crippen LogP contribution in [0, 0.1) is 6.92 Å². The Labute approximate surface area is 193 Å². The molecule has 0 unspecified atom stereocenters. The molecule has 1 fully saturated rings. The summed E-state index contributed by atoms with van der Waals surface area (Å²) in [5.74, 6) is 1.64. The molecule has 0 radical (unpaired) electrons. The van der Waals surface area contributed by atoms with Gasteiger partial charge in [0.1, 0.15) is 11.6 Å². The molecule has 0 aliphatic carbocycles. The van der Waals surface area contributed by atoms with Crippen LogP contribution in [0.2, 0.25) is 0 Å². The van der Waals surface area contributed by atoms with Crippen molar-refractivity contribution in [2.45, 2.75) is 38.5 Å². The number of benzene rings is 1. The van der Waals surface area contributed by atoms with Crippen LogP contribution in [0.25, 0.3) is 0 Å². The first-order chi connectivity index (χ1) is 16.0. The van der Waals surface area contributed by atoms with Crippen molar-refractivity contribution in [3.8, 4) is 0 Å². The minimum Gasteiger partial charge on any atom is -0.338 e. The summed E-state index contributed by atoms with van der Waals surface area (Å²) >= 11 is 0. The Morgan fingerprint density at radius 3 is 2.73 bits per heavy atom. The third-order valence-electron chi connectivity index (χ3n) is 6.61. The van der Waals surface area contributed by atoms with Crippen molar-refractivity contribution in [3.05, 3.63) is 70.9 Å². The minimum atomic E-state index is -0.0139. The Bertz CT molecular complexity index is 1190. The standard InChI is InChI=1S/C25H28N6O2/c1-17-21-8-9-22(32)31(13-10-18-6-4-3-5-7-18)24(21)28-23(27-17)19-11-12-30(16-19)25(33)20-14-26-29(2)15-20/h3-7,14-15,19H,8-13,16H2,1-2H3/t19-/m0/s1. The number of likely N-dealkylation sites (tertiary alicyclic amines) is 1. The predicted octanol–water partition coefficient (Wildman–Crippen LogP) is 2.67. The molecule has 4 heterocycles. The summed E-state index contributed by atoms with van der Waals surface area (Å²) in [6.07, 6.45) is 6.10. The van der Waals surface area contributed by atoms with E-state index in [1.807, 2.05) is 34.9 Å². The summed E-state index contributed by atoms with van der Waals surface area (Å²) < 4.78 is 1.64. The zero-order chi connectivity index (χ0) is 22.9. The van der Waals surface area contributed by atoms with Crippen molar-refractivity contribution in [1.29, 1.82) is 0 Å². The summed E-state index contributed by atoms with van der Waals surface area (Å²) in [5, 5.41) is 4.11. The van der Waals surface area contributed by atoms with Gasteiger partial charge < -0.3 is 4.90 Å². The fourth-order valence-electron chi connectivity index (χ4n) is 4.77. The number of fused-ring (bicyclic) bond motifs is 1. The lowest BCUT2D eigenvalue weighted by molar-refractivity contribution is -0.118. The molecule has 1 saturated heterocycles. The molecule has 2 aliphatic heterocycles. The SMILES string of the molecule is Cc1nc([C@H]2CCN(C(=O)c3cnn(C)c3)C2)nc2c1CCC(=O)N2CCc1ccccc1. The number of rotatable bonds is 5. The number of carbonyl (C=O) groups is 2. The highest BCUT2D eigenvalue weighted by molar-refractivity contribution is 5.95. The van der Waals surface area contributed by atoms with Crippen LogP contribution in [-0.4, -0.2) is 56.1 Å². The summed E-state index contributed by atoms with van der Waals surface area (Å²) in [6, 6.07) is 10.2. The Morgan fingerprint density at radius 1 is 1.15 bits per heavy atom. The third-order valence-corrected chi connectivity index (χ3v) is 6.61. The van der Waals surface area contributed by atoms with Crippen molar-refractivity contribution >= 4 is 17.6 Å². The highest BCUT2D eigenvalue weighted by Crippen LogP contribution is 2.32. The lowest BCUT2D eigenvalue weighted by atomic mass is 10.0. The maximum Gasteiger partial charge on any atom is 0.257 e. The number of carbonyl (C=O) groups excluding carboxylic acids is 2. The van der Waals surface area contributed by atoms with Gasteiger partial charge in [-0.25, -0.2) is 9.97 Å². The molecule has 2 aliphatic rings. The molecule has 8 heteroatoms. The van der Waals surface area contributed by atoms with Crippen molar-refractivity contribution in [1.82, 2.24) is 24.6 Å². The molecule has 2 amide bonds. The van der Waals surface area contributed by atoms with Crippen LogP contribution in [0.4, 0.5) is 5.82 Å². The Morgan fingerprint density at radius 2 is 1.97 bits per heavy atom. The van der Waals surface area contributed by atoms with Gasteiger partial charge in [0.2, 0.25) is 5.91 Å². The highest BCUT2D eigenvalue weighted by Gasteiger charge is 2.33. The molecular formula is C25H28N6O2. The first-order valence-electron chi connectivity index (χ1n) is 11.5. The van der Waals surface area contributed by atoms with Gasteiger partial charge in [0, 0.05) is 56.5 Å². The van der Waals surface area contributed by atoms with Gasteiger partial charge in [0.15, 0.2) is 0 Å². The monoisotopic (exact) mass is 444 g/mol. The Hall–Kier alpha value is -3.55. The van der Waals surface area contributed by atoms with Crippen LogP contribution in [-0.2, 0) is 24.7 Å². The third kappa shape index (κ3) is 4.25. The Balaban J connectivity index is 1.37. The molecule has 170 valence electrons. The van der Waals surface area contributed by atoms with Gasteiger partial charge in [-0.15, -0.1) is 0 Å². The van der Waals surface area contributed by atoms with Crippen molar-refractivity contribution in [2.75, 3.05) is 24.5 Å². The van der Waals surface area contributed by atoms with Crippen LogP contribution in [0.1, 0.15) is 51.8 Å². The average molecular weight is 445 g/mol. The maximum atomic E-state index is 12.8. The maximum absolute atomic E-state index is 12.8. The molecule has 5 rings (SSSR count). The lowest BCUT2D eigenvalue weighted by Crippen LogP contribution is -2.38. The number of hydrogen-bond acceptors (Lipinski definition) is 5. The Kier molecular flexibility index (Phi) is 5.66. The molecule has 1 aromatic carbocycles. The summed E-state index contributed by atoms with van der Waals surface area (Å²) in [6.45, 7) is 3.84. The molecule has 8 nitrogen and oxygen atoms in total. The summed E-state index contributed by atoms with van der Waals surface area (Å²) in [7, 11) is 1.80. The van der Waals surface area contributed by atoms with Gasteiger partial charge in [-0.3, -0.25) is 19.2 Å². The van der Waals surface area contributed by atoms with Crippen LogP contribution in [0.3, 0.4) is 0 Å². The highest BCUT2D eigenvalue weighted by atomic mass is 16.2. The van der Waals surface area contributed by atoms with E-state index >= 15 is 0 Å². The summed E-state index contributed by atoms with van der Waals surface area (Å²) in [5.41, 5.74) is 3.79. The second kappa shape index (κ2) is 8.77. The molecule has 0 N–H and O–H groups in total. The van der Waals surface area contributed by atoms with Gasteiger partial charge in [0.05, 0.1) is 11.8 Å². The average Bonchev–Trinajstić information content (AvgIpc) is 3.48. The zero-order valence-electron chi connectivity index (χ0n) is 19.1. The summed E-state index contributed by atoms with van der Waals surface area (Å²) in [4.78, 5) is 39.1. The molecule has 0 spiro atoms. The van der Waals surface area contributed by atoms with Crippen LogP contribution < -0.4 is 4.90 Å². The van der Waals surface area contributed by atoms with Gasteiger partial charge >= 0.3 is 0 Å². The quantitative estimate of drug-likeness (QED) is 0.604. The fourth-order valence-corrected chi connectivity index (χ4v) is 4.77. The van der Waals surface area contributed by atoms with Crippen molar-refractivity contribution in [2.24, 2.45) is 7.05 Å². The number of anilines is 1. The zero-order valence-corrected chi connectivity index (χ0v) is 19.1. The van der Waals surface area contributed by atoms with Crippen molar-refractivity contribution in [3.63, 3.8) is 0 Å². The topological polar surface area (TPSA) is 84.2 Å². The lowest BCUT2D eigenvalue weighted by Gasteiger charge is -2.30. The van der Waals surface area contributed by atoms with Gasteiger partial charge in [-0.1, -0.05) is 30.3 Å². The number of amides is 2. The molecule has 33 heavy (non-hydrogen) atoms. The fraction of sp³-hybridized carbons (Fsp3) is 0.400. The molecular weight excluding hydrogens is 416 g/mol. The van der Waals surface area contributed by atoms with E-state index in [4.69, 9.17) is 9.97 Å². The van der Waals surface area contributed by atoms with Gasteiger partial charge in [0.25, 0.3) is 5.91 Å². The van der Waals surface area contributed by atoms with E-state index in [1.54, 1.807) is 24.1 Å². The van der Waals surface area contributed by atoms with Crippen molar-refractivity contribution < 1.29 is 9.59 Å². The van der Waals surface area contributed by atoms with E-state index in [9.17, 15) is 9.59 Å². The second-order valence-electron chi connectivity index (χ2n) is 8.89. The molecule has 2 aromatic heterocycles. The van der Waals surface area contributed by atoms with Crippen LogP contribution in [0.15, 0.2) is 42.7 Å². The number of nitrogens with zero attached hydrogens (tertiary/aromatic N) is 6. The molecule has 3 aromatic rings. The second-order valence-corrected chi connectivity index (χ2v) is 8.89.